The monoisotopic (exact) mass is 381 g/mol. The van der Waals surface area contributed by atoms with E-state index in [1.54, 1.807) is 18.3 Å². The normalized spacial score (nSPS) is 17.4. The smallest absolute Gasteiger partial charge is 0.293 e. The Labute approximate surface area is 163 Å². The second kappa shape index (κ2) is 7.93. The van der Waals surface area contributed by atoms with Crippen molar-refractivity contribution in [2.45, 2.75) is 25.4 Å². The first-order chi connectivity index (χ1) is 13.6. The van der Waals surface area contributed by atoms with Crippen LogP contribution in [0.25, 0.3) is 0 Å². The van der Waals surface area contributed by atoms with E-state index in [0.29, 0.717) is 24.3 Å². The van der Waals surface area contributed by atoms with E-state index >= 15 is 0 Å². The number of amides is 1. The minimum Gasteiger partial charge on any atom is -0.363 e. The zero-order chi connectivity index (χ0) is 19.5. The first-order valence-corrected chi connectivity index (χ1v) is 9.55. The van der Waals surface area contributed by atoms with Gasteiger partial charge in [0.25, 0.3) is 11.6 Å². The number of piperazine rings is 1. The number of nitro groups is 1. The highest BCUT2D eigenvalue weighted by Crippen LogP contribution is 2.30. The Bertz CT molecular complexity index is 861. The van der Waals surface area contributed by atoms with Gasteiger partial charge in [-0.15, -0.1) is 0 Å². The average Bonchev–Trinajstić information content (AvgIpc) is 3.53. The number of nitro benzene ring substituents is 1. The fourth-order valence-electron chi connectivity index (χ4n) is 3.47. The molecule has 1 aliphatic heterocycles. The van der Waals surface area contributed by atoms with E-state index in [1.807, 2.05) is 17.2 Å². The van der Waals surface area contributed by atoms with Gasteiger partial charge < -0.3 is 10.2 Å². The first-order valence-electron chi connectivity index (χ1n) is 9.55. The molecule has 146 valence electrons. The predicted molar refractivity (Wildman–Crippen MR) is 105 cm³/mol. The topological polar surface area (TPSA) is 91.6 Å². The van der Waals surface area contributed by atoms with Gasteiger partial charge in [-0.3, -0.25) is 24.8 Å². The average molecular weight is 381 g/mol. The van der Waals surface area contributed by atoms with Crippen molar-refractivity contribution < 1.29 is 9.72 Å². The number of benzene rings is 1. The fraction of sp³-hybridized carbons (Fsp3) is 0.400. The molecule has 2 heterocycles. The van der Waals surface area contributed by atoms with Gasteiger partial charge >= 0.3 is 0 Å². The molecule has 28 heavy (non-hydrogen) atoms. The summed E-state index contributed by atoms with van der Waals surface area (Å²) in [6.07, 6.45) is 5.59. The zero-order valence-corrected chi connectivity index (χ0v) is 15.6. The Hall–Kier alpha value is -3.00. The molecule has 1 amide bonds. The predicted octanol–water partition coefficient (Wildman–Crippen LogP) is 2.20. The highest BCUT2D eigenvalue weighted by atomic mass is 16.6. The lowest BCUT2D eigenvalue weighted by atomic mass is 10.1. The minimum atomic E-state index is -0.398. The third-order valence-electron chi connectivity index (χ3n) is 5.19. The van der Waals surface area contributed by atoms with E-state index in [1.165, 1.54) is 6.07 Å². The van der Waals surface area contributed by atoms with Crippen LogP contribution in [0, 0.1) is 10.1 Å². The molecule has 2 aromatic rings. The Kier molecular flexibility index (Phi) is 5.21. The van der Waals surface area contributed by atoms with Crippen molar-refractivity contribution in [3.63, 3.8) is 0 Å². The highest BCUT2D eigenvalue weighted by Gasteiger charge is 2.27. The summed E-state index contributed by atoms with van der Waals surface area (Å²) in [5, 5.41) is 14.5. The van der Waals surface area contributed by atoms with Crippen LogP contribution < -0.4 is 10.2 Å². The summed E-state index contributed by atoms with van der Waals surface area (Å²) in [4.78, 5) is 31.9. The molecule has 8 heteroatoms. The number of carbonyl (C=O) groups excluding carboxylic acids is 1. The molecule has 2 fully saturated rings. The van der Waals surface area contributed by atoms with Gasteiger partial charge in [-0.2, -0.15) is 0 Å². The molecular formula is C20H23N5O3. The van der Waals surface area contributed by atoms with Crippen LogP contribution in [0.3, 0.4) is 0 Å². The second-order valence-corrected chi connectivity index (χ2v) is 7.33. The molecule has 1 N–H and O–H groups in total. The summed E-state index contributed by atoms with van der Waals surface area (Å²) < 4.78 is 0. The van der Waals surface area contributed by atoms with Gasteiger partial charge in [-0.25, -0.2) is 0 Å². The Morgan fingerprint density at radius 1 is 1.21 bits per heavy atom. The number of pyridine rings is 1. The van der Waals surface area contributed by atoms with Crippen LogP contribution in [0.2, 0.25) is 0 Å². The van der Waals surface area contributed by atoms with Crippen LogP contribution in [0.1, 0.15) is 28.8 Å². The molecular weight excluding hydrogens is 358 g/mol. The summed E-state index contributed by atoms with van der Waals surface area (Å²) in [6.45, 7) is 3.86. The molecule has 0 unspecified atom stereocenters. The molecule has 1 saturated heterocycles. The Balaban J connectivity index is 1.43. The number of anilines is 1. The van der Waals surface area contributed by atoms with Crippen LogP contribution >= 0.6 is 0 Å². The van der Waals surface area contributed by atoms with E-state index in [-0.39, 0.29) is 17.6 Å². The first kappa shape index (κ1) is 18.4. The summed E-state index contributed by atoms with van der Waals surface area (Å²) in [6, 6.07) is 8.98. The van der Waals surface area contributed by atoms with E-state index in [4.69, 9.17) is 0 Å². The standard InChI is InChI=1S/C20H23N5O3/c26-20(22-17-4-5-17)16-3-6-18(19(12-16)25(27)28)24-10-8-23(9-11-24)14-15-2-1-7-21-13-15/h1-3,6-7,12-13,17H,4-5,8-11,14H2,(H,22,26). The lowest BCUT2D eigenvalue weighted by Crippen LogP contribution is -2.46. The van der Waals surface area contributed by atoms with Crippen molar-refractivity contribution >= 4 is 17.3 Å². The van der Waals surface area contributed by atoms with Gasteiger partial charge in [0.2, 0.25) is 0 Å². The highest BCUT2D eigenvalue weighted by molar-refractivity contribution is 5.96. The van der Waals surface area contributed by atoms with Crippen LogP contribution in [-0.2, 0) is 6.54 Å². The van der Waals surface area contributed by atoms with Crippen molar-refractivity contribution in [3.05, 3.63) is 64.0 Å². The van der Waals surface area contributed by atoms with E-state index in [0.717, 1.165) is 38.0 Å². The molecule has 1 aromatic carbocycles. The molecule has 0 radical (unpaired) electrons. The molecule has 4 rings (SSSR count). The Morgan fingerprint density at radius 3 is 2.64 bits per heavy atom. The van der Waals surface area contributed by atoms with Gasteiger partial charge in [0.15, 0.2) is 0 Å². The van der Waals surface area contributed by atoms with Gasteiger partial charge in [-0.05, 0) is 36.6 Å². The number of hydrogen-bond donors (Lipinski definition) is 1. The van der Waals surface area contributed by atoms with Crippen molar-refractivity contribution in [1.82, 2.24) is 15.2 Å². The third-order valence-corrected chi connectivity index (χ3v) is 5.19. The number of hydrogen-bond acceptors (Lipinski definition) is 6. The quantitative estimate of drug-likeness (QED) is 0.609. The molecule has 0 spiro atoms. The third kappa shape index (κ3) is 4.28. The molecule has 1 aliphatic carbocycles. The summed E-state index contributed by atoms with van der Waals surface area (Å²) in [7, 11) is 0. The molecule has 2 aliphatic rings. The maximum atomic E-state index is 12.2. The van der Waals surface area contributed by atoms with E-state index < -0.39 is 4.92 Å². The Morgan fingerprint density at radius 2 is 2.00 bits per heavy atom. The van der Waals surface area contributed by atoms with Crippen LogP contribution in [0.15, 0.2) is 42.7 Å². The maximum Gasteiger partial charge on any atom is 0.293 e. The SMILES string of the molecule is O=C(NC1CC1)c1ccc(N2CCN(Cc3cccnc3)CC2)c([N+](=O)[O-])c1. The van der Waals surface area contributed by atoms with Gasteiger partial charge in [0, 0.05) is 62.8 Å². The van der Waals surface area contributed by atoms with Crippen LogP contribution in [0.4, 0.5) is 11.4 Å². The van der Waals surface area contributed by atoms with Crippen molar-refractivity contribution in [2.75, 3.05) is 31.1 Å². The van der Waals surface area contributed by atoms with Gasteiger partial charge in [0.1, 0.15) is 5.69 Å². The van der Waals surface area contributed by atoms with Gasteiger partial charge in [0.05, 0.1) is 4.92 Å². The minimum absolute atomic E-state index is 0.0100. The largest absolute Gasteiger partial charge is 0.363 e. The van der Waals surface area contributed by atoms with Gasteiger partial charge in [-0.1, -0.05) is 6.07 Å². The molecule has 1 aromatic heterocycles. The number of nitrogens with zero attached hydrogens (tertiary/aromatic N) is 4. The zero-order valence-electron chi connectivity index (χ0n) is 15.6. The summed E-state index contributed by atoms with van der Waals surface area (Å²) in [5.74, 6) is -0.238. The molecule has 0 bridgehead atoms. The molecule has 8 nitrogen and oxygen atoms in total. The van der Waals surface area contributed by atoms with Crippen LogP contribution in [-0.4, -0.2) is 52.9 Å². The number of rotatable bonds is 6. The molecule has 0 atom stereocenters. The van der Waals surface area contributed by atoms with Crippen LogP contribution in [0.5, 0.6) is 0 Å². The van der Waals surface area contributed by atoms with Crippen molar-refractivity contribution in [2.24, 2.45) is 0 Å². The second-order valence-electron chi connectivity index (χ2n) is 7.33. The lowest BCUT2D eigenvalue weighted by molar-refractivity contribution is -0.384. The summed E-state index contributed by atoms with van der Waals surface area (Å²) in [5.41, 5.74) is 2.07. The lowest BCUT2D eigenvalue weighted by Gasteiger charge is -2.35. The number of aromatic nitrogens is 1. The van der Waals surface area contributed by atoms with E-state index in [2.05, 4.69) is 21.3 Å². The number of carbonyl (C=O) groups is 1. The summed E-state index contributed by atoms with van der Waals surface area (Å²) >= 11 is 0. The van der Waals surface area contributed by atoms with Crippen molar-refractivity contribution in [1.29, 1.82) is 0 Å². The molecule has 1 saturated carbocycles. The van der Waals surface area contributed by atoms with Crippen molar-refractivity contribution in [3.8, 4) is 0 Å². The van der Waals surface area contributed by atoms with E-state index in [9.17, 15) is 14.9 Å². The number of nitrogens with one attached hydrogen (secondary N) is 1. The fourth-order valence-corrected chi connectivity index (χ4v) is 3.47. The maximum absolute atomic E-state index is 12.2.